The number of rotatable bonds is 21. The summed E-state index contributed by atoms with van der Waals surface area (Å²) in [5.74, 6) is -16.1. The predicted octanol–water partition coefficient (Wildman–Crippen LogP) is 25.9. The summed E-state index contributed by atoms with van der Waals surface area (Å²) in [7, 11) is 2.03. The number of carbonyl (C=O) groups is 9. The number of hydrogen-bond donors (Lipinski definition) is 11. The van der Waals surface area contributed by atoms with Crippen molar-refractivity contribution in [1.82, 2.24) is 19.9 Å². The highest BCUT2D eigenvalue weighted by Gasteiger charge is 2.25. The van der Waals surface area contributed by atoms with Gasteiger partial charge in [-0.2, -0.15) is 0 Å². The Kier molecular flexibility index (Phi) is 41.6. The topological polar surface area (TPSA) is 418 Å². The molecule has 11 aromatic carbocycles. The maximum Gasteiger partial charge on any atom is 0.355 e. The molecule has 18 rings (SSSR count). The third kappa shape index (κ3) is 33.4. The Morgan fingerprint density at radius 2 is 0.859 bits per heavy atom. The molecule has 16 aromatic rings. The third-order valence-corrected chi connectivity index (χ3v) is 22.9. The van der Waals surface area contributed by atoms with Gasteiger partial charge in [0.25, 0.3) is 0 Å². The van der Waals surface area contributed by atoms with Crippen molar-refractivity contribution in [3.05, 3.63) is 439 Å². The van der Waals surface area contributed by atoms with Crippen LogP contribution in [-0.2, 0) is 6.54 Å². The van der Waals surface area contributed by atoms with Crippen LogP contribution in [-0.4, -0.2) is 159 Å². The first-order valence-corrected chi connectivity index (χ1v) is 45.7. The van der Waals surface area contributed by atoms with Crippen LogP contribution >= 0.6 is 34.5 Å². The highest BCUT2D eigenvalue weighted by Crippen LogP contribution is 2.35. The summed E-state index contributed by atoms with van der Waals surface area (Å²) in [5.41, 5.74) is 3.53. The molecule has 0 spiro atoms. The SMILES string of the molecule is CN1CCN(c2ccc(C(=O)O)cc2F)CC1.O=C(O)c1cc(F)cc(-c2ccncc2)c1.O=C(O)c1ccc(-c2ccc(Cl)cc2)c(F)c1.O=C(O)c1ccc(-c2cccc(F)c2)c(F)c1.O=C(O)c1ccc(-c2cccs2)c(F)c1.O=C(O)c1cccc(F)c1NC1CCCC1.O=C(O)c1cccc(F)c1NCc1ccco1.O=C(O)c1cnc(-c2ccccc2F)c(F)c1.O=C(O)c1ncc(Cl)cc1-c1cccc(F)c1. The van der Waals surface area contributed by atoms with E-state index in [1.54, 1.807) is 91.3 Å². The quantitative estimate of drug-likeness (QED) is 0.0298. The average molecular weight is 2110 g/mol. The molecule has 1 aliphatic heterocycles. The Hall–Kier alpha value is -17.8. The van der Waals surface area contributed by atoms with Gasteiger partial charge in [-0.15, -0.1) is 11.3 Å². The Balaban J connectivity index is 0.000000171. The van der Waals surface area contributed by atoms with E-state index in [0.717, 1.165) is 105 Å². The van der Waals surface area contributed by atoms with Crippen molar-refractivity contribution in [3.63, 3.8) is 0 Å². The van der Waals surface area contributed by atoms with Gasteiger partial charge in [0.1, 0.15) is 75.4 Å². The minimum atomic E-state index is -1.28. The number of pyridine rings is 3. The van der Waals surface area contributed by atoms with Gasteiger partial charge >= 0.3 is 53.7 Å². The Labute approximate surface area is 854 Å². The van der Waals surface area contributed by atoms with Gasteiger partial charge in [0.15, 0.2) is 5.69 Å². The molecular formula is C109H84Cl2F11N7O19S. The fourth-order valence-corrected chi connectivity index (χ4v) is 15.2. The molecular weight excluding hydrogens is 2020 g/mol. The van der Waals surface area contributed by atoms with Gasteiger partial charge in [-0.3, -0.25) is 9.97 Å². The summed E-state index contributed by atoms with van der Waals surface area (Å²) in [6.07, 6.45) is 11.1. The number of likely N-dealkylation sites (N-methyl/N-ethyl adjacent to an activating group) is 1. The number of anilines is 3. The molecule has 5 aromatic heterocycles. The number of benzene rings is 11. The molecule has 11 N–H and O–H groups in total. The van der Waals surface area contributed by atoms with Gasteiger partial charge in [-0.25, -0.2) is 96.4 Å². The standard InChI is InChI=1S/C13H8ClFO2.C13H8F2O2.C12H7ClFNO2.C12H7F2NO2.C12H15FN2O2.C12H10FNO3.C12H8FNO2.C12H14FNO2.C11H7FO2S/c14-10-4-1-8(2-5-10)11-6-3-9(13(16)17)7-12(11)15;14-10-3-1-2-8(6-10)11-5-4-9(13(16)17)7-12(11)15;13-8-5-10(11(12(16)17)15-6-8)7-2-1-3-9(14)4-7;13-9-4-2-1-3-8(9)11-10(14)5-7(6-15-11)12(16)17;1-14-4-6-15(7-5-14)11-3-2-9(12(16)17)8-10(11)13;13-10-5-1-4-9(12(15)16)11(10)14-7-8-3-2-6-17-8;13-11-6-9(5-10(7-11)12(15)16)8-1-3-14-4-2-8;13-10-7-3-6-9(12(15)16)11(10)14-8-4-1-2-5-8;12-9-6-7(11(13)14)3-4-8(9)10-2-1-5-15-10/h2*1-7H,(H,16,17);2*1-6H,(H,16,17);2-3,8H,4-7H2,1H3,(H,16,17);1-6,14H,7H2,(H,15,16);1-7H,(H,15,16);3,6-8,14H,1-2,4-5H2,(H,15,16);1-6H,(H,13,14). The minimum absolute atomic E-state index is 0.00180. The van der Waals surface area contributed by atoms with Crippen LogP contribution in [0.25, 0.3) is 66.2 Å². The number of halogens is 13. The maximum absolute atomic E-state index is 13.8. The molecule has 1 saturated heterocycles. The lowest BCUT2D eigenvalue weighted by Crippen LogP contribution is -2.44. The van der Waals surface area contributed by atoms with Crippen LogP contribution in [0.2, 0.25) is 10.0 Å². The molecule has 149 heavy (non-hydrogen) atoms. The molecule has 2 fully saturated rings. The molecule has 40 heteroatoms. The number of hydrogen-bond acceptors (Lipinski definition) is 18. The van der Waals surface area contributed by atoms with Gasteiger partial charge in [0.2, 0.25) is 0 Å². The Bertz CT molecular complexity index is 7450. The second kappa shape index (κ2) is 54.8. The molecule has 6 heterocycles. The summed E-state index contributed by atoms with van der Waals surface area (Å²) in [6.45, 7) is 3.54. The van der Waals surface area contributed by atoms with Gasteiger partial charge in [0, 0.05) is 94.7 Å². The predicted molar refractivity (Wildman–Crippen MR) is 536 cm³/mol. The molecule has 26 nitrogen and oxygen atoms in total. The molecule has 0 unspecified atom stereocenters. The van der Waals surface area contributed by atoms with Crippen LogP contribution in [0.1, 0.15) is 125 Å². The second-order valence-corrected chi connectivity index (χ2v) is 33.5. The molecule has 0 amide bonds. The highest BCUT2D eigenvalue weighted by atomic mass is 35.5. The lowest BCUT2D eigenvalue weighted by atomic mass is 10.0. The van der Waals surface area contributed by atoms with Crippen LogP contribution in [0.15, 0.2) is 314 Å². The average Bonchev–Trinajstić information content (AvgIpc) is 1.08. The number of furan rings is 1. The van der Waals surface area contributed by atoms with Crippen molar-refractivity contribution in [2.75, 3.05) is 48.8 Å². The number of nitrogens with one attached hydrogen (secondary N) is 2. The number of nitrogens with zero attached hydrogens (tertiary/aromatic N) is 5. The van der Waals surface area contributed by atoms with E-state index in [-0.39, 0.29) is 91.0 Å². The van der Waals surface area contributed by atoms with E-state index in [0.29, 0.717) is 60.4 Å². The lowest BCUT2D eigenvalue weighted by molar-refractivity contribution is 0.0681. The zero-order valence-corrected chi connectivity index (χ0v) is 79.9. The first-order chi connectivity index (χ1) is 71.1. The van der Waals surface area contributed by atoms with E-state index in [4.69, 9.17) is 73.6 Å². The normalized spacial score (nSPS) is 11.7. The summed E-state index contributed by atoms with van der Waals surface area (Å²) in [5, 5.41) is 87.6. The molecule has 0 radical (unpaired) electrons. The molecule has 1 aliphatic carbocycles. The summed E-state index contributed by atoms with van der Waals surface area (Å²) >= 11 is 12.9. The van der Waals surface area contributed by atoms with E-state index in [1.807, 2.05) is 23.4 Å². The first kappa shape index (κ1) is 113. The lowest BCUT2D eigenvalue weighted by Gasteiger charge is -2.34. The van der Waals surface area contributed by atoms with Crippen molar-refractivity contribution < 1.29 is 142 Å². The number of piperazine rings is 1. The van der Waals surface area contributed by atoms with Crippen LogP contribution in [0.4, 0.5) is 65.4 Å². The van der Waals surface area contributed by atoms with E-state index in [9.17, 15) is 91.4 Å². The molecule has 1 saturated carbocycles. The molecule has 766 valence electrons. The summed E-state index contributed by atoms with van der Waals surface area (Å²) in [6, 6.07) is 63.3. The van der Waals surface area contributed by atoms with Crippen LogP contribution < -0.4 is 15.5 Å². The maximum atomic E-state index is 13.8. The number of aromatic carboxylic acids is 9. The van der Waals surface area contributed by atoms with E-state index < -0.39 is 118 Å². The Morgan fingerprint density at radius 3 is 1.35 bits per heavy atom. The largest absolute Gasteiger partial charge is 0.478 e. The van der Waals surface area contributed by atoms with Gasteiger partial charge in [-0.05, 0) is 247 Å². The summed E-state index contributed by atoms with van der Waals surface area (Å²) < 4.78 is 153. The van der Waals surface area contributed by atoms with E-state index >= 15 is 0 Å². The monoisotopic (exact) mass is 2110 g/mol. The first-order valence-electron chi connectivity index (χ1n) is 44.0. The molecule has 2 aliphatic rings. The smallest absolute Gasteiger partial charge is 0.355 e. The van der Waals surface area contributed by atoms with Gasteiger partial charge in [-0.1, -0.05) is 115 Å². The fourth-order valence-electron chi connectivity index (χ4n) is 14.2. The Morgan fingerprint density at radius 1 is 0.369 bits per heavy atom. The van der Waals surface area contributed by atoms with Crippen molar-refractivity contribution in [3.8, 4) is 66.2 Å². The third-order valence-electron chi connectivity index (χ3n) is 21.5. The van der Waals surface area contributed by atoms with Crippen LogP contribution in [0.5, 0.6) is 0 Å². The van der Waals surface area contributed by atoms with Crippen molar-refractivity contribution >= 4 is 105 Å². The van der Waals surface area contributed by atoms with Gasteiger partial charge in [0.05, 0.1) is 79.4 Å². The van der Waals surface area contributed by atoms with Gasteiger partial charge < -0.3 is 70.8 Å². The van der Waals surface area contributed by atoms with Crippen molar-refractivity contribution in [2.24, 2.45) is 0 Å². The van der Waals surface area contributed by atoms with Crippen LogP contribution in [0, 0.1) is 64.0 Å². The van der Waals surface area contributed by atoms with E-state index in [2.05, 4.69) is 30.5 Å². The number of carboxylic acids is 9. The molecule has 0 atom stereocenters. The number of carboxylic acid groups (broad SMARTS) is 9. The minimum Gasteiger partial charge on any atom is -0.478 e. The zero-order valence-electron chi connectivity index (χ0n) is 77.6. The second-order valence-electron chi connectivity index (χ2n) is 31.7. The van der Waals surface area contributed by atoms with E-state index in [1.165, 1.54) is 175 Å². The number of para-hydroxylation sites is 2. The highest BCUT2D eigenvalue weighted by molar-refractivity contribution is 7.13. The number of thiophene rings is 1. The molecule has 0 bridgehead atoms. The summed E-state index contributed by atoms with van der Waals surface area (Å²) in [4.78, 5) is 113. The zero-order chi connectivity index (χ0) is 108. The van der Waals surface area contributed by atoms with Crippen molar-refractivity contribution in [2.45, 2.75) is 38.3 Å². The van der Waals surface area contributed by atoms with Crippen molar-refractivity contribution in [1.29, 1.82) is 0 Å². The fraction of sp³-hybridized carbons (Fsp3) is 0.101. The number of aromatic nitrogens is 3. The van der Waals surface area contributed by atoms with Crippen LogP contribution in [0.3, 0.4) is 0 Å².